The number of methoxy groups -OCH3 is 1. The van der Waals surface area contributed by atoms with Crippen LogP contribution in [-0.4, -0.2) is 25.6 Å². The lowest BCUT2D eigenvalue weighted by molar-refractivity contribution is -0.124. The van der Waals surface area contributed by atoms with Crippen LogP contribution < -0.4 is 15.4 Å². The summed E-state index contributed by atoms with van der Waals surface area (Å²) in [6.07, 6.45) is 3.22. The molecule has 4 heteroatoms. The summed E-state index contributed by atoms with van der Waals surface area (Å²) >= 11 is 0. The highest BCUT2D eigenvalue weighted by Gasteiger charge is 2.21. The van der Waals surface area contributed by atoms with E-state index in [-0.39, 0.29) is 18.0 Å². The molecule has 1 unspecified atom stereocenters. The normalized spacial score (nSPS) is 20.6. The largest absolute Gasteiger partial charge is 0.497 e. The Hall–Kier alpha value is -1.55. The van der Waals surface area contributed by atoms with Crippen molar-refractivity contribution in [1.29, 1.82) is 0 Å². The van der Waals surface area contributed by atoms with Crippen LogP contribution in [0.15, 0.2) is 24.3 Å². The van der Waals surface area contributed by atoms with Crippen LogP contribution in [0.2, 0.25) is 0 Å². The Balaban J connectivity index is 1.91. The van der Waals surface area contributed by atoms with Crippen molar-refractivity contribution in [2.45, 2.75) is 38.3 Å². The maximum Gasteiger partial charge on any atom is 0.237 e. The first kappa shape index (κ1) is 13.9. The third-order valence-electron chi connectivity index (χ3n) is 3.60. The van der Waals surface area contributed by atoms with Crippen molar-refractivity contribution in [3.05, 3.63) is 29.8 Å². The van der Waals surface area contributed by atoms with Crippen molar-refractivity contribution in [2.75, 3.05) is 13.7 Å². The van der Waals surface area contributed by atoms with Gasteiger partial charge in [0.25, 0.3) is 0 Å². The zero-order valence-corrected chi connectivity index (χ0v) is 11.6. The summed E-state index contributed by atoms with van der Waals surface area (Å²) in [5.74, 6) is 0.930. The van der Waals surface area contributed by atoms with Gasteiger partial charge >= 0.3 is 0 Å². The predicted molar refractivity (Wildman–Crippen MR) is 75.2 cm³/mol. The Kier molecular flexibility index (Phi) is 4.80. The van der Waals surface area contributed by atoms with E-state index in [0.29, 0.717) is 0 Å². The number of rotatable bonds is 4. The zero-order valence-electron chi connectivity index (χ0n) is 11.6. The molecule has 19 heavy (non-hydrogen) atoms. The number of hydrogen-bond acceptors (Lipinski definition) is 3. The summed E-state index contributed by atoms with van der Waals surface area (Å²) < 4.78 is 5.13. The summed E-state index contributed by atoms with van der Waals surface area (Å²) in [6, 6.07) is 7.78. The molecule has 1 aromatic rings. The lowest BCUT2D eigenvalue weighted by Gasteiger charge is -2.24. The first-order valence-electron chi connectivity index (χ1n) is 6.88. The van der Waals surface area contributed by atoms with E-state index < -0.39 is 0 Å². The average molecular weight is 262 g/mol. The smallest absolute Gasteiger partial charge is 0.237 e. The lowest BCUT2D eigenvalue weighted by Crippen LogP contribution is -2.47. The minimum Gasteiger partial charge on any atom is -0.497 e. The van der Waals surface area contributed by atoms with Gasteiger partial charge in [-0.05, 0) is 44.0 Å². The van der Waals surface area contributed by atoms with Crippen LogP contribution in [0.3, 0.4) is 0 Å². The number of ether oxygens (including phenoxy) is 1. The molecule has 1 heterocycles. The second-order valence-electron chi connectivity index (χ2n) is 5.01. The molecule has 104 valence electrons. The second-order valence-corrected chi connectivity index (χ2v) is 5.01. The van der Waals surface area contributed by atoms with Crippen molar-refractivity contribution in [3.63, 3.8) is 0 Å². The second kappa shape index (κ2) is 6.57. The van der Waals surface area contributed by atoms with Crippen LogP contribution in [0.4, 0.5) is 0 Å². The van der Waals surface area contributed by atoms with Gasteiger partial charge in [0, 0.05) is 0 Å². The number of hydrogen-bond donors (Lipinski definition) is 2. The zero-order chi connectivity index (χ0) is 13.7. The van der Waals surface area contributed by atoms with Crippen LogP contribution >= 0.6 is 0 Å². The van der Waals surface area contributed by atoms with Gasteiger partial charge < -0.3 is 15.4 Å². The summed E-state index contributed by atoms with van der Waals surface area (Å²) in [7, 11) is 1.65. The quantitative estimate of drug-likeness (QED) is 0.872. The van der Waals surface area contributed by atoms with Crippen molar-refractivity contribution in [2.24, 2.45) is 0 Å². The van der Waals surface area contributed by atoms with Crippen molar-refractivity contribution >= 4 is 5.91 Å². The van der Waals surface area contributed by atoms with Gasteiger partial charge in [0.1, 0.15) is 5.75 Å². The molecule has 0 saturated carbocycles. The maximum atomic E-state index is 12.1. The van der Waals surface area contributed by atoms with E-state index >= 15 is 0 Å². The Labute approximate surface area is 114 Å². The molecule has 2 N–H and O–H groups in total. The van der Waals surface area contributed by atoms with E-state index in [2.05, 4.69) is 10.6 Å². The van der Waals surface area contributed by atoms with Gasteiger partial charge in [-0.25, -0.2) is 0 Å². The van der Waals surface area contributed by atoms with Crippen LogP contribution in [0.5, 0.6) is 5.75 Å². The van der Waals surface area contributed by atoms with Crippen LogP contribution in [0.1, 0.15) is 37.8 Å². The minimum atomic E-state index is -0.0329. The monoisotopic (exact) mass is 262 g/mol. The summed E-state index contributed by atoms with van der Waals surface area (Å²) in [4.78, 5) is 12.1. The van der Waals surface area contributed by atoms with E-state index in [9.17, 15) is 4.79 Å². The number of benzene rings is 1. The van der Waals surface area contributed by atoms with Gasteiger partial charge in [0.05, 0.1) is 19.2 Å². The molecule has 0 radical (unpaired) electrons. The highest BCUT2D eigenvalue weighted by atomic mass is 16.5. The third-order valence-corrected chi connectivity index (χ3v) is 3.60. The molecule has 0 spiro atoms. The number of carbonyl (C=O) groups excluding carboxylic acids is 1. The molecule has 1 saturated heterocycles. The van der Waals surface area contributed by atoms with Crippen molar-refractivity contribution < 1.29 is 9.53 Å². The van der Waals surface area contributed by atoms with Crippen LogP contribution in [0.25, 0.3) is 0 Å². The van der Waals surface area contributed by atoms with E-state index in [1.807, 2.05) is 31.2 Å². The van der Waals surface area contributed by atoms with Gasteiger partial charge in [-0.2, -0.15) is 0 Å². The highest BCUT2D eigenvalue weighted by Crippen LogP contribution is 2.17. The molecule has 1 aromatic carbocycles. The topological polar surface area (TPSA) is 50.4 Å². The molecule has 1 amide bonds. The third kappa shape index (κ3) is 3.70. The molecule has 0 aromatic heterocycles. The number of nitrogens with one attached hydrogen (secondary N) is 2. The fourth-order valence-electron chi connectivity index (χ4n) is 2.37. The molecule has 0 bridgehead atoms. The predicted octanol–water partition coefficient (Wildman–Crippen LogP) is 2.01. The number of amides is 1. The molecule has 1 aliphatic heterocycles. The Bertz CT molecular complexity index is 411. The highest BCUT2D eigenvalue weighted by molar-refractivity contribution is 5.82. The van der Waals surface area contributed by atoms with Crippen LogP contribution in [0, 0.1) is 0 Å². The molecular formula is C15H22N2O2. The van der Waals surface area contributed by atoms with Gasteiger partial charge in [-0.1, -0.05) is 18.6 Å². The molecule has 2 atom stereocenters. The summed E-state index contributed by atoms with van der Waals surface area (Å²) in [5, 5.41) is 6.32. The van der Waals surface area contributed by atoms with Crippen molar-refractivity contribution in [1.82, 2.24) is 10.6 Å². The SMILES string of the molecule is COc1ccc([C@@H](C)NC(=O)C2CCCCN2)cc1. The fraction of sp³-hybridized carbons (Fsp3) is 0.533. The molecular weight excluding hydrogens is 240 g/mol. The van der Waals surface area contributed by atoms with E-state index in [1.165, 1.54) is 0 Å². The maximum absolute atomic E-state index is 12.1. The summed E-state index contributed by atoms with van der Waals surface area (Å²) in [5.41, 5.74) is 1.09. The molecule has 4 nitrogen and oxygen atoms in total. The van der Waals surface area contributed by atoms with E-state index in [1.54, 1.807) is 7.11 Å². The lowest BCUT2D eigenvalue weighted by atomic mass is 10.0. The molecule has 1 aliphatic rings. The minimum absolute atomic E-state index is 0.0159. The van der Waals surface area contributed by atoms with Gasteiger partial charge in [-0.3, -0.25) is 4.79 Å². The average Bonchev–Trinajstić information content (AvgIpc) is 2.48. The molecule has 2 rings (SSSR count). The number of carbonyl (C=O) groups is 1. The van der Waals surface area contributed by atoms with Gasteiger partial charge in [0.2, 0.25) is 5.91 Å². The number of piperidine rings is 1. The molecule has 0 aliphatic carbocycles. The van der Waals surface area contributed by atoms with E-state index in [0.717, 1.165) is 37.1 Å². The van der Waals surface area contributed by atoms with Gasteiger partial charge in [0.15, 0.2) is 0 Å². The first-order valence-corrected chi connectivity index (χ1v) is 6.88. The first-order chi connectivity index (χ1) is 9.20. The Morgan fingerprint density at radius 3 is 2.68 bits per heavy atom. The fourth-order valence-corrected chi connectivity index (χ4v) is 2.37. The van der Waals surface area contributed by atoms with Crippen molar-refractivity contribution in [3.8, 4) is 5.75 Å². The molecule has 1 fully saturated rings. The Morgan fingerprint density at radius 1 is 1.37 bits per heavy atom. The standard InChI is InChI=1S/C15H22N2O2/c1-11(12-6-8-13(19-2)9-7-12)17-15(18)14-5-3-4-10-16-14/h6-9,11,14,16H,3-5,10H2,1-2H3,(H,17,18)/t11-,14?/m1/s1. The summed E-state index contributed by atoms with van der Waals surface area (Å²) in [6.45, 7) is 2.94. The van der Waals surface area contributed by atoms with Crippen LogP contribution in [-0.2, 0) is 4.79 Å². The Morgan fingerprint density at radius 2 is 2.11 bits per heavy atom. The van der Waals surface area contributed by atoms with E-state index in [4.69, 9.17) is 4.74 Å². The van der Waals surface area contributed by atoms with Gasteiger partial charge in [-0.15, -0.1) is 0 Å².